The van der Waals surface area contributed by atoms with Gasteiger partial charge in [0.15, 0.2) is 6.10 Å². The number of para-hydroxylation sites is 1. The highest BCUT2D eigenvalue weighted by atomic mass is 16.5. The van der Waals surface area contributed by atoms with Crippen LogP contribution < -0.4 is 5.32 Å². The van der Waals surface area contributed by atoms with Gasteiger partial charge in [-0.2, -0.15) is 0 Å². The summed E-state index contributed by atoms with van der Waals surface area (Å²) in [6.45, 7) is 3.39. The first kappa shape index (κ1) is 18.2. The number of ether oxygens (including phenoxy) is 1. The number of allylic oxidation sites excluding steroid dienone is 3. The van der Waals surface area contributed by atoms with Crippen molar-refractivity contribution < 1.29 is 14.3 Å². The highest BCUT2D eigenvalue weighted by Gasteiger charge is 2.18. The van der Waals surface area contributed by atoms with E-state index >= 15 is 0 Å². The van der Waals surface area contributed by atoms with E-state index in [0.29, 0.717) is 5.69 Å². The molecule has 0 aliphatic rings. The second-order valence-electron chi connectivity index (χ2n) is 5.36. The number of carbonyl (C=O) groups is 2. The Morgan fingerprint density at radius 2 is 1.68 bits per heavy atom. The Morgan fingerprint density at radius 3 is 2.40 bits per heavy atom. The van der Waals surface area contributed by atoms with E-state index in [4.69, 9.17) is 4.74 Å². The van der Waals surface area contributed by atoms with Gasteiger partial charge >= 0.3 is 5.97 Å². The molecule has 4 heteroatoms. The summed E-state index contributed by atoms with van der Waals surface area (Å²) >= 11 is 0. The molecule has 4 nitrogen and oxygen atoms in total. The minimum atomic E-state index is -0.897. The Morgan fingerprint density at radius 1 is 1.00 bits per heavy atom. The highest BCUT2D eigenvalue weighted by Crippen LogP contribution is 2.27. The van der Waals surface area contributed by atoms with Crippen LogP contribution in [0.3, 0.4) is 0 Å². The lowest BCUT2D eigenvalue weighted by Gasteiger charge is -2.15. The summed E-state index contributed by atoms with van der Waals surface area (Å²) in [6, 6.07) is 17.3. The average Bonchev–Trinajstić information content (AvgIpc) is 2.63. The second-order valence-corrected chi connectivity index (χ2v) is 5.36. The normalized spacial score (nSPS) is 12.2. The van der Waals surface area contributed by atoms with Crippen LogP contribution in [0.25, 0.3) is 11.1 Å². The minimum absolute atomic E-state index is 0.379. The van der Waals surface area contributed by atoms with Crippen molar-refractivity contribution in [3.05, 3.63) is 78.9 Å². The molecule has 1 N–H and O–H groups in total. The molecular weight excluding hydrogens is 314 g/mol. The lowest BCUT2D eigenvalue weighted by atomic mass is 10.0. The first-order chi connectivity index (χ1) is 12.1. The van der Waals surface area contributed by atoms with Crippen LogP contribution in [0, 0.1) is 0 Å². The molecule has 0 radical (unpaired) electrons. The SMILES string of the molecule is C/C=C/C=C/C(=O)O[C@@H](C)C(=O)Nc1ccccc1-c1ccccc1. The van der Waals surface area contributed by atoms with E-state index in [1.54, 1.807) is 25.2 Å². The Bertz CT molecular complexity index is 779. The molecule has 0 saturated carbocycles. The van der Waals surface area contributed by atoms with Gasteiger partial charge in [-0.3, -0.25) is 4.79 Å². The van der Waals surface area contributed by atoms with Crippen molar-refractivity contribution in [3.8, 4) is 11.1 Å². The zero-order valence-corrected chi connectivity index (χ0v) is 14.3. The second kappa shape index (κ2) is 9.23. The monoisotopic (exact) mass is 335 g/mol. The molecule has 0 spiro atoms. The summed E-state index contributed by atoms with van der Waals surface area (Å²) in [4.78, 5) is 24.0. The molecule has 2 rings (SSSR count). The molecule has 0 aliphatic heterocycles. The van der Waals surface area contributed by atoms with Crippen LogP contribution in [-0.4, -0.2) is 18.0 Å². The van der Waals surface area contributed by atoms with Gasteiger partial charge in [0.05, 0.1) is 0 Å². The third kappa shape index (κ3) is 5.46. The van der Waals surface area contributed by atoms with Crippen molar-refractivity contribution >= 4 is 17.6 Å². The Labute approximate surface area is 147 Å². The Kier molecular flexibility index (Phi) is 6.72. The first-order valence-electron chi connectivity index (χ1n) is 8.07. The van der Waals surface area contributed by atoms with E-state index in [1.165, 1.54) is 6.08 Å². The predicted molar refractivity (Wildman–Crippen MR) is 100 cm³/mol. The maximum Gasteiger partial charge on any atom is 0.331 e. The Balaban J connectivity index is 2.07. The summed E-state index contributed by atoms with van der Waals surface area (Å²) in [5.74, 6) is -0.937. The number of nitrogens with one attached hydrogen (secondary N) is 1. The molecule has 1 atom stereocenters. The van der Waals surface area contributed by atoms with Crippen LogP contribution in [0.4, 0.5) is 5.69 Å². The minimum Gasteiger partial charge on any atom is -0.449 e. The van der Waals surface area contributed by atoms with Crippen LogP contribution >= 0.6 is 0 Å². The fraction of sp³-hybridized carbons (Fsp3) is 0.143. The van der Waals surface area contributed by atoms with Crippen molar-refractivity contribution in [1.82, 2.24) is 0 Å². The quantitative estimate of drug-likeness (QED) is 0.485. The smallest absolute Gasteiger partial charge is 0.331 e. The van der Waals surface area contributed by atoms with Crippen molar-refractivity contribution in [2.75, 3.05) is 5.32 Å². The highest BCUT2D eigenvalue weighted by molar-refractivity contribution is 5.99. The average molecular weight is 335 g/mol. The van der Waals surface area contributed by atoms with Crippen molar-refractivity contribution in [2.45, 2.75) is 20.0 Å². The molecule has 0 heterocycles. The number of benzene rings is 2. The lowest BCUT2D eigenvalue weighted by molar-refractivity contribution is -0.148. The van der Waals surface area contributed by atoms with E-state index < -0.39 is 12.1 Å². The number of hydrogen-bond acceptors (Lipinski definition) is 3. The van der Waals surface area contributed by atoms with Crippen LogP contribution in [0.1, 0.15) is 13.8 Å². The van der Waals surface area contributed by atoms with Gasteiger partial charge in [-0.15, -0.1) is 0 Å². The lowest BCUT2D eigenvalue weighted by Crippen LogP contribution is -2.29. The van der Waals surface area contributed by atoms with Gasteiger partial charge in [0.2, 0.25) is 0 Å². The number of amides is 1. The number of hydrogen-bond donors (Lipinski definition) is 1. The molecule has 1 amide bonds. The van der Waals surface area contributed by atoms with E-state index in [1.807, 2.05) is 61.5 Å². The topological polar surface area (TPSA) is 55.4 Å². The van der Waals surface area contributed by atoms with Gasteiger partial charge in [0.25, 0.3) is 5.91 Å². The van der Waals surface area contributed by atoms with Crippen LogP contribution in [0.15, 0.2) is 78.9 Å². The maximum absolute atomic E-state index is 12.3. The zero-order chi connectivity index (χ0) is 18.1. The van der Waals surface area contributed by atoms with Gasteiger partial charge < -0.3 is 10.1 Å². The summed E-state index contributed by atoms with van der Waals surface area (Å²) in [5, 5.41) is 2.83. The molecule has 0 aromatic heterocycles. The number of carbonyl (C=O) groups excluding carboxylic acids is 2. The zero-order valence-electron chi connectivity index (χ0n) is 14.3. The molecular formula is C21H21NO3. The van der Waals surface area contributed by atoms with Crippen molar-refractivity contribution in [1.29, 1.82) is 0 Å². The van der Waals surface area contributed by atoms with Gasteiger partial charge in [0, 0.05) is 17.3 Å². The van der Waals surface area contributed by atoms with Gasteiger partial charge in [-0.05, 0) is 25.5 Å². The third-order valence-corrected chi connectivity index (χ3v) is 3.47. The van der Waals surface area contributed by atoms with Crippen molar-refractivity contribution in [3.63, 3.8) is 0 Å². The van der Waals surface area contributed by atoms with Gasteiger partial charge in [0.1, 0.15) is 0 Å². The fourth-order valence-electron chi connectivity index (χ4n) is 2.21. The maximum atomic E-state index is 12.3. The third-order valence-electron chi connectivity index (χ3n) is 3.47. The standard InChI is InChI=1S/C21H21NO3/c1-3-4-6-15-20(23)25-16(2)21(24)22-19-14-10-9-13-18(19)17-11-7-5-8-12-17/h3-16H,1-2H3,(H,22,24)/b4-3+,15-6+/t16-/m0/s1. The summed E-state index contributed by atoms with van der Waals surface area (Å²) in [7, 11) is 0. The Hall–Kier alpha value is -3.14. The summed E-state index contributed by atoms with van der Waals surface area (Å²) < 4.78 is 5.10. The molecule has 0 saturated heterocycles. The molecule has 0 aliphatic carbocycles. The van der Waals surface area contributed by atoms with Crippen molar-refractivity contribution in [2.24, 2.45) is 0 Å². The number of rotatable bonds is 6. The molecule has 0 bridgehead atoms. The fourth-order valence-corrected chi connectivity index (χ4v) is 2.21. The molecule has 0 unspecified atom stereocenters. The van der Waals surface area contributed by atoms with Gasteiger partial charge in [-0.1, -0.05) is 66.8 Å². The molecule has 2 aromatic rings. The van der Waals surface area contributed by atoms with Crippen LogP contribution in [0.2, 0.25) is 0 Å². The summed E-state index contributed by atoms with van der Waals surface area (Å²) in [6.07, 6.45) is 5.45. The molecule has 0 fully saturated rings. The first-order valence-corrected chi connectivity index (χ1v) is 8.07. The molecule has 128 valence electrons. The molecule has 2 aromatic carbocycles. The summed E-state index contributed by atoms with van der Waals surface area (Å²) in [5.41, 5.74) is 2.58. The van der Waals surface area contributed by atoms with E-state index in [2.05, 4.69) is 5.32 Å². The van der Waals surface area contributed by atoms with E-state index in [9.17, 15) is 9.59 Å². The van der Waals surface area contributed by atoms with Crippen LogP contribution in [-0.2, 0) is 14.3 Å². The number of anilines is 1. The van der Waals surface area contributed by atoms with Gasteiger partial charge in [-0.25, -0.2) is 4.79 Å². The van der Waals surface area contributed by atoms with E-state index in [0.717, 1.165) is 11.1 Å². The largest absolute Gasteiger partial charge is 0.449 e. The molecule has 25 heavy (non-hydrogen) atoms. The van der Waals surface area contributed by atoms with Crippen LogP contribution in [0.5, 0.6) is 0 Å². The van der Waals surface area contributed by atoms with E-state index in [-0.39, 0.29) is 5.91 Å². The predicted octanol–water partition coefficient (Wildman–Crippen LogP) is 4.36. The number of esters is 1.